The number of likely N-dealkylation sites (tertiary alicyclic amines) is 1. The van der Waals surface area contributed by atoms with Crippen molar-refractivity contribution in [2.45, 2.75) is 58.8 Å². The minimum atomic E-state index is -0.301. The van der Waals surface area contributed by atoms with Crippen molar-refractivity contribution in [2.24, 2.45) is 11.8 Å². The second kappa shape index (κ2) is 9.91. The van der Waals surface area contributed by atoms with Crippen molar-refractivity contribution in [1.29, 1.82) is 5.41 Å². The number of hydrogen-bond acceptors (Lipinski definition) is 4. The third-order valence-electron chi connectivity index (χ3n) is 6.78. The molecule has 2 N–H and O–H groups in total. The van der Waals surface area contributed by atoms with Gasteiger partial charge < -0.3 is 14.7 Å². The van der Waals surface area contributed by atoms with Crippen LogP contribution in [-0.4, -0.2) is 48.4 Å². The Morgan fingerprint density at radius 2 is 1.62 bits per heavy atom. The van der Waals surface area contributed by atoms with Gasteiger partial charge in [-0.1, -0.05) is 71.9 Å². The Kier molecular flexibility index (Phi) is 7.56. The largest absolute Gasteiger partial charge is 0.507 e. The summed E-state index contributed by atoms with van der Waals surface area (Å²) in [7, 11) is 1.69. The van der Waals surface area contributed by atoms with Crippen molar-refractivity contribution < 1.29 is 14.6 Å². The maximum absolute atomic E-state index is 13.5. The van der Waals surface area contributed by atoms with Gasteiger partial charge in [-0.2, -0.15) is 0 Å². The number of ketones is 1. The molecule has 184 valence electrons. The van der Waals surface area contributed by atoms with Crippen LogP contribution in [0.2, 0.25) is 0 Å². The number of phenolic OH excluding ortho intramolecular Hbond substituents is 1. The Morgan fingerprint density at radius 3 is 2.12 bits per heavy atom. The molecule has 2 aromatic carbocycles. The van der Waals surface area contributed by atoms with Gasteiger partial charge in [-0.3, -0.25) is 10.2 Å². The maximum Gasteiger partial charge on any atom is 0.182 e. The summed E-state index contributed by atoms with van der Waals surface area (Å²) >= 11 is 0. The topological polar surface area (TPSA) is 73.6 Å². The first-order valence-electron chi connectivity index (χ1n) is 12.1. The number of hydrogen-bond donors (Lipinski definition) is 2. The van der Waals surface area contributed by atoms with Gasteiger partial charge in [-0.05, 0) is 34.9 Å². The lowest BCUT2D eigenvalue weighted by molar-refractivity contribution is 0.0953. The van der Waals surface area contributed by atoms with E-state index in [0.29, 0.717) is 24.6 Å². The van der Waals surface area contributed by atoms with Crippen LogP contribution in [0.1, 0.15) is 68.6 Å². The molecular weight excluding hydrogens is 424 g/mol. The molecule has 2 unspecified atom stereocenters. The van der Waals surface area contributed by atoms with Gasteiger partial charge in [-0.15, -0.1) is 0 Å². The second-order valence-electron chi connectivity index (χ2n) is 11.6. The summed E-state index contributed by atoms with van der Waals surface area (Å²) in [5.41, 5.74) is 2.73. The minimum Gasteiger partial charge on any atom is -0.507 e. The van der Waals surface area contributed by atoms with Crippen LogP contribution in [0.5, 0.6) is 5.75 Å². The average Bonchev–Trinajstić information content (AvgIpc) is 3.02. The number of rotatable bonds is 7. The fraction of sp³-hybridized carbons (Fsp3) is 0.517. The van der Waals surface area contributed by atoms with E-state index in [1.54, 1.807) is 7.11 Å². The number of carbonyl (C=O) groups is 1. The van der Waals surface area contributed by atoms with E-state index in [2.05, 4.69) is 12.1 Å². The summed E-state index contributed by atoms with van der Waals surface area (Å²) in [6, 6.07) is 13.9. The van der Waals surface area contributed by atoms with Crippen LogP contribution in [-0.2, 0) is 22.0 Å². The third kappa shape index (κ3) is 5.69. The highest BCUT2D eigenvalue weighted by atomic mass is 16.5. The quantitative estimate of drug-likeness (QED) is 0.524. The van der Waals surface area contributed by atoms with E-state index >= 15 is 0 Å². The molecule has 1 fully saturated rings. The maximum atomic E-state index is 13.5. The van der Waals surface area contributed by atoms with Crippen LogP contribution in [0.15, 0.2) is 42.5 Å². The molecule has 1 saturated heterocycles. The van der Waals surface area contributed by atoms with Crippen molar-refractivity contribution in [3.63, 3.8) is 0 Å². The molecule has 2 aromatic rings. The second-order valence-corrected chi connectivity index (χ2v) is 11.6. The molecule has 2 atom stereocenters. The van der Waals surface area contributed by atoms with Crippen LogP contribution in [0, 0.1) is 17.2 Å². The highest BCUT2D eigenvalue weighted by Crippen LogP contribution is 2.40. The zero-order valence-corrected chi connectivity index (χ0v) is 21.7. The van der Waals surface area contributed by atoms with Crippen molar-refractivity contribution >= 4 is 11.6 Å². The van der Waals surface area contributed by atoms with Gasteiger partial charge >= 0.3 is 0 Å². The van der Waals surface area contributed by atoms with E-state index in [1.165, 1.54) is 5.56 Å². The summed E-state index contributed by atoms with van der Waals surface area (Å²) < 4.78 is 5.46. The first-order chi connectivity index (χ1) is 15.8. The summed E-state index contributed by atoms with van der Waals surface area (Å²) in [5, 5.41) is 19.9. The molecule has 3 rings (SSSR count). The van der Waals surface area contributed by atoms with E-state index in [4.69, 9.17) is 10.1 Å². The summed E-state index contributed by atoms with van der Waals surface area (Å²) in [6.07, 6.45) is 0.764. The molecule has 0 bridgehead atoms. The van der Waals surface area contributed by atoms with Crippen LogP contribution in [0.4, 0.5) is 0 Å². The number of benzene rings is 2. The normalized spacial score (nSPS) is 19.0. The molecule has 0 spiro atoms. The fourth-order valence-corrected chi connectivity index (χ4v) is 4.83. The van der Waals surface area contributed by atoms with Gasteiger partial charge in [-0.25, -0.2) is 0 Å². The molecule has 1 aliphatic rings. The number of carbonyl (C=O) groups excluding carboxylic acids is 1. The van der Waals surface area contributed by atoms with Crippen LogP contribution in [0.3, 0.4) is 0 Å². The molecule has 0 aromatic heterocycles. The number of aromatic hydroxyl groups is 1. The SMILES string of the molecule is COCC1CN(CC(=O)c2cc(C(C)(C)C)c(O)c(C(C)(C)C)c2)C(=N)C1Cc1ccccc1. The lowest BCUT2D eigenvalue weighted by Gasteiger charge is -2.28. The number of phenols is 1. The smallest absolute Gasteiger partial charge is 0.182 e. The van der Waals surface area contributed by atoms with Gasteiger partial charge in [0, 0.05) is 42.2 Å². The standard InChI is InChI=1S/C29H40N2O3/c1-28(2,3)23-14-20(15-24(26(23)33)29(4,5)6)25(32)17-31-16-21(18-34-7)22(27(31)30)13-19-11-9-8-10-12-19/h8-12,14-15,21-22,30,33H,13,16-18H2,1-7H3. The lowest BCUT2D eigenvalue weighted by atomic mass is 9.78. The Balaban J connectivity index is 1.88. The first-order valence-corrected chi connectivity index (χ1v) is 12.1. The summed E-state index contributed by atoms with van der Waals surface area (Å²) in [5.74, 6) is 0.932. The molecule has 0 saturated carbocycles. The van der Waals surface area contributed by atoms with Gasteiger partial charge in [0.25, 0.3) is 0 Å². The fourth-order valence-electron chi connectivity index (χ4n) is 4.83. The molecule has 0 aliphatic carbocycles. The van der Waals surface area contributed by atoms with Gasteiger partial charge in [0.05, 0.1) is 13.2 Å². The van der Waals surface area contributed by atoms with E-state index in [0.717, 1.165) is 17.5 Å². The Bertz CT molecular complexity index is 997. The van der Waals surface area contributed by atoms with Crippen molar-refractivity contribution in [1.82, 2.24) is 4.90 Å². The molecule has 0 amide bonds. The average molecular weight is 465 g/mol. The zero-order valence-electron chi connectivity index (χ0n) is 21.7. The molecule has 0 radical (unpaired) electrons. The molecule has 1 heterocycles. The first kappa shape index (κ1) is 26.0. The van der Waals surface area contributed by atoms with Crippen LogP contribution in [0.25, 0.3) is 0 Å². The number of nitrogens with zero attached hydrogens (tertiary/aromatic N) is 1. The van der Waals surface area contributed by atoms with Gasteiger partial charge in [0.1, 0.15) is 11.6 Å². The Morgan fingerprint density at radius 1 is 1.06 bits per heavy atom. The van der Waals surface area contributed by atoms with Crippen molar-refractivity contribution in [3.8, 4) is 5.75 Å². The predicted molar refractivity (Wildman–Crippen MR) is 138 cm³/mol. The Labute approximate surface area is 204 Å². The molecular formula is C29H40N2O3. The number of ether oxygens (including phenoxy) is 1. The number of methoxy groups -OCH3 is 1. The molecule has 5 heteroatoms. The number of amidine groups is 1. The lowest BCUT2D eigenvalue weighted by Crippen LogP contribution is -2.33. The number of Topliss-reactive ketones (excluding diaryl/α,β-unsaturated/α-hetero) is 1. The zero-order chi connectivity index (χ0) is 25.3. The number of nitrogens with one attached hydrogen (secondary N) is 1. The van der Waals surface area contributed by atoms with E-state index < -0.39 is 0 Å². The van der Waals surface area contributed by atoms with Crippen molar-refractivity contribution in [3.05, 3.63) is 64.7 Å². The molecule has 1 aliphatic heterocycles. The predicted octanol–water partition coefficient (Wildman–Crippen LogP) is 5.58. The van der Waals surface area contributed by atoms with Crippen LogP contribution >= 0.6 is 0 Å². The molecule has 5 nitrogen and oxygen atoms in total. The van der Waals surface area contributed by atoms with Crippen molar-refractivity contribution in [2.75, 3.05) is 26.8 Å². The minimum absolute atomic E-state index is 0.0187. The third-order valence-corrected chi connectivity index (χ3v) is 6.78. The monoisotopic (exact) mass is 464 g/mol. The Hall–Kier alpha value is -2.66. The summed E-state index contributed by atoms with van der Waals surface area (Å²) in [4.78, 5) is 15.4. The van der Waals surface area contributed by atoms with E-state index in [9.17, 15) is 9.90 Å². The van der Waals surface area contributed by atoms with Crippen LogP contribution < -0.4 is 0 Å². The highest BCUT2D eigenvalue weighted by molar-refractivity contribution is 6.01. The van der Waals surface area contributed by atoms with Gasteiger partial charge in [0.15, 0.2) is 5.78 Å². The summed E-state index contributed by atoms with van der Waals surface area (Å²) in [6.45, 7) is 13.6. The molecule has 34 heavy (non-hydrogen) atoms. The van der Waals surface area contributed by atoms with Gasteiger partial charge in [0.2, 0.25) is 0 Å². The van der Waals surface area contributed by atoms with E-state index in [1.807, 2.05) is 76.8 Å². The highest BCUT2D eigenvalue weighted by Gasteiger charge is 2.38. The van der Waals surface area contributed by atoms with E-state index in [-0.39, 0.29) is 40.7 Å².